The van der Waals surface area contributed by atoms with E-state index in [1.807, 2.05) is 20.8 Å². The largest absolute Gasteiger partial charge is 0.393 e. The van der Waals surface area contributed by atoms with E-state index in [-0.39, 0.29) is 36.4 Å². The van der Waals surface area contributed by atoms with Crippen LogP contribution in [0.4, 0.5) is 0 Å². The van der Waals surface area contributed by atoms with Crippen LogP contribution in [0.2, 0.25) is 0 Å². The maximum Gasteiger partial charge on any atom is 0.146 e. The summed E-state index contributed by atoms with van der Waals surface area (Å²) in [4.78, 5) is 0. The topological polar surface area (TPSA) is 68.2 Å². The van der Waals surface area contributed by atoms with E-state index in [9.17, 15) is 10.2 Å². The molecule has 0 radical (unpaired) electrons. The average Bonchev–Trinajstić information content (AvgIpc) is 2.29. The standard InChI is InChI=1S/C16H30O5/c1-14(2,3)21-13-6-11-12(17)7-15(13,4)8-16(11,18)9-20-10-19-5/h11-13,17-18H,6-10H2,1-5H3/t11-,12+,13+,15+,16+/m1/s1. The molecule has 124 valence electrons. The quantitative estimate of drug-likeness (QED) is 0.598. The third-order valence-corrected chi connectivity index (χ3v) is 4.83. The molecule has 0 heterocycles. The van der Waals surface area contributed by atoms with E-state index < -0.39 is 11.7 Å². The minimum atomic E-state index is -0.997. The summed E-state index contributed by atoms with van der Waals surface area (Å²) in [6, 6.07) is 0. The fourth-order valence-electron chi connectivity index (χ4n) is 4.09. The highest BCUT2D eigenvalue weighted by molar-refractivity contribution is 5.10. The highest BCUT2D eigenvalue weighted by Crippen LogP contribution is 2.56. The number of hydrogen-bond donors (Lipinski definition) is 2. The van der Waals surface area contributed by atoms with Crippen LogP contribution in [0.3, 0.4) is 0 Å². The van der Waals surface area contributed by atoms with Gasteiger partial charge in [0.25, 0.3) is 0 Å². The van der Waals surface area contributed by atoms with Gasteiger partial charge in [-0.15, -0.1) is 0 Å². The van der Waals surface area contributed by atoms with Crippen LogP contribution in [0.15, 0.2) is 0 Å². The lowest BCUT2D eigenvalue weighted by atomic mass is 9.52. The van der Waals surface area contributed by atoms with Crippen LogP contribution in [0.25, 0.3) is 0 Å². The summed E-state index contributed by atoms with van der Waals surface area (Å²) in [6.07, 6.45) is 1.49. The summed E-state index contributed by atoms with van der Waals surface area (Å²) in [6.45, 7) is 8.59. The van der Waals surface area contributed by atoms with Crippen LogP contribution in [0.1, 0.15) is 47.0 Å². The number of rotatable bonds is 5. The van der Waals surface area contributed by atoms with Crippen molar-refractivity contribution in [1.82, 2.24) is 0 Å². The monoisotopic (exact) mass is 302 g/mol. The number of aliphatic hydroxyl groups is 2. The van der Waals surface area contributed by atoms with Gasteiger partial charge in [-0.1, -0.05) is 6.92 Å². The normalized spacial score (nSPS) is 43.3. The Morgan fingerprint density at radius 3 is 2.48 bits per heavy atom. The van der Waals surface area contributed by atoms with Gasteiger partial charge >= 0.3 is 0 Å². The molecule has 5 atom stereocenters. The number of aliphatic hydroxyl groups excluding tert-OH is 1. The number of ether oxygens (including phenoxy) is 3. The third kappa shape index (κ3) is 3.59. The molecule has 21 heavy (non-hydrogen) atoms. The van der Waals surface area contributed by atoms with E-state index in [1.165, 1.54) is 0 Å². The van der Waals surface area contributed by atoms with Gasteiger partial charge in [-0.2, -0.15) is 0 Å². The van der Waals surface area contributed by atoms with E-state index in [1.54, 1.807) is 7.11 Å². The summed E-state index contributed by atoms with van der Waals surface area (Å²) in [7, 11) is 1.56. The van der Waals surface area contributed by atoms with Crippen molar-refractivity contribution < 1.29 is 24.4 Å². The number of fused-ring (bicyclic) bond motifs is 3. The van der Waals surface area contributed by atoms with Crippen molar-refractivity contribution in [2.24, 2.45) is 11.3 Å². The predicted octanol–water partition coefficient (Wildman–Crippen LogP) is 1.70. The maximum absolute atomic E-state index is 10.9. The van der Waals surface area contributed by atoms with Crippen LogP contribution in [0.5, 0.6) is 0 Å². The summed E-state index contributed by atoms with van der Waals surface area (Å²) < 4.78 is 16.5. The first-order chi connectivity index (χ1) is 9.60. The molecule has 5 nitrogen and oxygen atoms in total. The molecule has 3 aliphatic carbocycles. The van der Waals surface area contributed by atoms with Gasteiger partial charge in [0.2, 0.25) is 0 Å². The van der Waals surface area contributed by atoms with Gasteiger partial charge in [0.05, 0.1) is 30.0 Å². The highest BCUT2D eigenvalue weighted by atomic mass is 16.7. The molecule has 0 aromatic rings. The molecular weight excluding hydrogens is 272 g/mol. The molecule has 2 bridgehead atoms. The summed E-state index contributed by atoms with van der Waals surface area (Å²) in [5.41, 5.74) is -1.45. The molecule has 3 rings (SSSR count). The molecule has 0 saturated heterocycles. The van der Waals surface area contributed by atoms with Crippen molar-refractivity contribution in [1.29, 1.82) is 0 Å². The molecule has 0 aromatic heterocycles. The Bertz CT molecular complexity index is 366. The van der Waals surface area contributed by atoms with Crippen LogP contribution in [-0.4, -0.2) is 54.1 Å². The number of hydrogen-bond acceptors (Lipinski definition) is 5. The Morgan fingerprint density at radius 2 is 1.95 bits per heavy atom. The molecule has 2 N–H and O–H groups in total. The first kappa shape index (κ1) is 17.2. The second kappa shape index (κ2) is 5.78. The van der Waals surface area contributed by atoms with Crippen molar-refractivity contribution in [3.63, 3.8) is 0 Å². The van der Waals surface area contributed by atoms with E-state index in [0.717, 1.165) is 0 Å². The first-order valence-corrected chi connectivity index (χ1v) is 7.75. The lowest BCUT2D eigenvalue weighted by Gasteiger charge is -2.60. The fraction of sp³-hybridized carbons (Fsp3) is 1.00. The first-order valence-electron chi connectivity index (χ1n) is 7.75. The minimum Gasteiger partial charge on any atom is -0.393 e. The van der Waals surface area contributed by atoms with Crippen molar-refractivity contribution in [3.8, 4) is 0 Å². The van der Waals surface area contributed by atoms with E-state index >= 15 is 0 Å². The zero-order chi connectivity index (χ0) is 15.9. The average molecular weight is 302 g/mol. The number of methoxy groups -OCH3 is 1. The highest BCUT2D eigenvalue weighted by Gasteiger charge is 2.60. The molecule has 0 unspecified atom stereocenters. The minimum absolute atomic E-state index is 0.0635. The molecule has 5 heteroatoms. The van der Waals surface area contributed by atoms with Gasteiger partial charge in [0.15, 0.2) is 0 Å². The van der Waals surface area contributed by atoms with Crippen molar-refractivity contribution in [2.75, 3.05) is 20.5 Å². The van der Waals surface area contributed by atoms with Crippen LogP contribution >= 0.6 is 0 Å². The Kier molecular flexibility index (Phi) is 4.72. The molecule has 3 saturated carbocycles. The summed E-state index contributed by atoms with van der Waals surface area (Å²) in [5.74, 6) is -0.205. The molecule has 3 fully saturated rings. The summed E-state index contributed by atoms with van der Waals surface area (Å²) >= 11 is 0. The van der Waals surface area contributed by atoms with Gasteiger partial charge < -0.3 is 24.4 Å². The maximum atomic E-state index is 10.9. The van der Waals surface area contributed by atoms with Gasteiger partial charge in [-0.25, -0.2) is 0 Å². The molecule has 0 aromatic carbocycles. The molecule has 0 amide bonds. The fourth-order valence-corrected chi connectivity index (χ4v) is 4.09. The smallest absolute Gasteiger partial charge is 0.146 e. The summed E-state index contributed by atoms with van der Waals surface area (Å²) in [5, 5.41) is 21.3. The second-order valence-electron chi connectivity index (χ2n) is 8.02. The van der Waals surface area contributed by atoms with Crippen LogP contribution in [0, 0.1) is 11.3 Å². The van der Waals surface area contributed by atoms with Crippen LogP contribution in [-0.2, 0) is 14.2 Å². The zero-order valence-electron chi connectivity index (χ0n) is 13.9. The van der Waals surface area contributed by atoms with Gasteiger partial charge in [0, 0.05) is 13.0 Å². The van der Waals surface area contributed by atoms with Crippen molar-refractivity contribution >= 4 is 0 Å². The molecule has 3 aliphatic rings. The Hall–Kier alpha value is -0.200. The van der Waals surface area contributed by atoms with Gasteiger partial charge in [-0.05, 0) is 45.4 Å². The lowest BCUT2D eigenvalue weighted by molar-refractivity contribution is -0.264. The van der Waals surface area contributed by atoms with E-state index in [2.05, 4.69) is 6.92 Å². The predicted molar refractivity (Wildman–Crippen MR) is 78.9 cm³/mol. The van der Waals surface area contributed by atoms with Crippen molar-refractivity contribution in [3.05, 3.63) is 0 Å². The SMILES string of the molecule is COCOC[C@@]1(O)C[C@]2(C)C[C@H](O)[C@H]1C[C@@H]2OC(C)(C)C. The van der Waals surface area contributed by atoms with E-state index in [4.69, 9.17) is 14.2 Å². The van der Waals surface area contributed by atoms with E-state index in [0.29, 0.717) is 19.3 Å². The van der Waals surface area contributed by atoms with Crippen molar-refractivity contribution in [2.45, 2.75) is 70.4 Å². The zero-order valence-corrected chi connectivity index (χ0v) is 13.9. The Balaban J connectivity index is 2.12. The molecule has 0 spiro atoms. The lowest BCUT2D eigenvalue weighted by Crippen LogP contribution is -2.65. The van der Waals surface area contributed by atoms with Crippen LogP contribution < -0.4 is 0 Å². The van der Waals surface area contributed by atoms with Gasteiger partial charge in [0.1, 0.15) is 6.79 Å². The molecule has 0 aliphatic heterocycles. The Labute approximate surface area is 127 Å². The Morgan fingerprint density at radius 1 is 1.29 bits per heavy atom. The van der Waals surface area contributed by atoms with Gasteiger partial charge in [-0.3, -0.25) is 0 Å². The third-order valence-electron chi connectivity index (χ3n) is 4.83. The molecular formula is C16H30O5. The second-order valence-corrected chi connectivity index (χ2v) is 8.02.